The van der Waals surface area contributed by atoms with Gasteiger partial charge in [-0.3, -0.25) is 24.0 Å². The maximum absolute atomic E-state index is 15.9. The van der Waals surface area contributed by atoms with Gasteiger partial charge in [0.2, 0.25) is 11.8 Å². The van der Waals surface area contributed by atoms with Gasteiger partial charge in [-0.25, -0.2) is 13.6 Å². The molecule has 0 aliphatic carbocycles. The van der Waals surface area contributed by atoms with E-state index in [9.17, 15) is 28.8 Å². The lowest BCUT2D eigenvalue weighted by atomic mass is 10.1. The number of rotatable bonds is 34. The number of nitrogens with one attached hydrogen (secondary N) is 2. The molecule has 406 valence electrons. The summed E-state index contributed by atoms with van der Waals surface area (Å²) in [6.07, 6.45) is -1.46. The average molecular weight is 1050 g/mol. The number of halogens is 2. The van der Waals surface area contributed by atoms with Crippen molar-refractivity contribution in [3.8, 4) is 23.0 Å². The number of fused-ring (bicyclic) bond motifs is 2. The van der Waals surface area contributed by atoms with Crippen LogP contribution in [0.1, 0.15) is 93.9 Å². The lowest BCUT2D eigenvalue weighted by Gasteiger charge is -2.19. The number of carbonyl (C=O) groups is 6. The normalized spacial score (nSPS) is 12.5. The van der Waals surface area contributed by atoms with E-state index in [0.29, 0.717) is 56.4 Å². The zero-order valence-corrected chi connectivity index (χ0v) is 43.5. The van der Waals surface area contributed by atoms with Crippen LogP contribution in [0.15, 0.2) is 18.2 Å². The molecule has 20 nitrogen and oxygen atoms in total. The molecule has 0 fully saturated rings. The Morgan fingerprint density at radius 3 is 1.95 bits per heavy atom. The first kappa shape index (κ1) is 59.7. The molecule has 23 heteroatoms. The first-order valence-corrected chi connectivity index (χ1v) is 24.9. The molecule has 2 aromatic carbocycles. The predicted octanol–water partition coefficient (Wildman–Crippen LogP) is 6.22. The Hall–Kier alpha value is -5.88. The van der Waals surface area contributed by atoms with E-state index in [0.717, 1.165) is 11.3 Å². The van der Waals surface area contributed by atoms with E-state index in [1.165, 1.54) is 25.2 Å². The minimum atomic E-state index is -0.726. The van der Waals surface area contributed by atoms with Crippen LogP contribution in [0.3, 0.4) is 0 Å². The highest BCUT2D eigenvalue weighted by molar-refractivity contribution is 7.20. The van der Waals surface area contributed by atoms with Crippen molar-refractivity contribution in [2.75, 3.05) is 100.0 Å². The summed E-state index contributed by atoms with van der Waals surface area (Å²) in [5, 5.41) is 5.44. The number of nitrogens with zero attached hydrogens (tertiary/aromatic N) is 1. The van der Waals surface area contributed by atoms with Crippen molar-refractivity contribution in [1.29, 1.82) is 0 Å². The van der Waals surface area contributed by atoms with Gasteiger partial charge in [0, 0.05) is 67.0 Å². The highest BCUT2D eigenvalue weighted by Crippen LogP contribution is 2.41. The number of alkyl carbamates (subject to hydrolysis) is 1. The molecule has 0 spiro atoms. The molecule has 2 heterocycles. The van der Waals surface area contributed by atoms with Crippen LogP contribution >= 0.6 is 11.3 Å². The van der Waals surface area contributed by atoms with E-state index in [4.69, 9.17) is 52.1 Å². The van der Waals surface area contributed by atoms with Crippen LogP contribution in [-0.4, -0.2) is 152 Å². The Labute approximate surface area is 427 Å². The molecule has 3 amide bonds. The van der Waals surface area contributed by atoms with Gasteiger partial charge in [-0.05, 0) is 52.3 Å². The lowest BCUT2D eigenvalue weighted by molar-refractivity contribution is -0.150. The largest absolute Gasteiger partial charge is 0.493 e. The summed E-state index contributed by atoms with van der Waals surface area (Å²) in [5.74, 6) is -3.68. The maximum atomic E-state index is 15.9. The van der Waals surface area contributed by atoms with Crippen molar-refractivity contribution in [3.63, 3.8) is 0 Å². The minimum Gasteiger partial charge on any atom is -0.493 e. The molecule has 2 N–H and O–H groups in total. The molecular formula is C50H69F2N3O17S. The number of thiophene rings is 1. The number of amides is 3. The molecule has 1 aromatic heterocycles. The minimum absolute atomic E-state index is 0.0476. The molecular weight excluding hydrogens is 985 g/mol. The number of hydrogen-bond acceptors (Lipinski definition) is 18. The Morgan fingerprint density at radius 1 is 0.712 bits per heavy atom. The van der Waals surface area contributed by atoms with Gasteiger partial charge in [-0.2, -0.15) is 0 Å². The summed E-state index contributed by atoms with van der Waals surface area (Å²) >= 11 is 1.07. The van der Waals surface area contributed by atoms with Crippen molar-refractivity contribution in [2.24, 2.45) is 0 Å². The van der Waals surface area contributed by atoms with Gasteiger partial charge >= 0.3 is 18.0 Å². The quantitative estimate of drug-likeness (QED) is 0.0292. The zero-order valence-electron chi connectivity index (χ0n) is 42.7. The molecule has 1 aliphatic rings. The van der Waals surface area contributed by atoms with Crippen LogP contribution in [0.25, 0.3) is 10.1 Å². The first-order chi connectivity index (χ1) is 34.9. The number of ether oxygens (including phenoxy) is 11. The van der Waals surface area contributed by atoms with E-state index in [-0.39, 0.29) is 142 Å². The smallest absolute Gasteiger partial charge is 0.407 e. The number of hydrogen-bond donors (Lipinski definition) is 2. The van der Waals surface area contributed by atoms with E-state index in [2.05, 4.69) is 10.6 Å². The lowest BCUT2D eigenvalue weighted by Crippen LogP contribution is -2.34. The monoisotopic (exact) mass is 1050 g/mol. The molecule has 1 atom stereocenters. The number of benzene rings is 2. The molecule has 0 saturated heterocycles. The van der Waals surface area contributed by atoms with Gasteiger partial charge < -0.3 is 67.6 Å². The van der Waals surface area contributed by atoms with Crippen LogP contribution in [0.4, 0.5) is 13.6 Å². The zero-order chi connectivity index (χ0) is 53.3. The summed E-state index contributed by atoms with van der Waals surface area (Å²) in [6, 6.07) is 4.57. The third kappa shape index (κ3) is 20.5. The summed E-state index contributed by atoms with van der Waals surface area (Å²) < 4.78 is 91.5. The van der Waals surface area contributed by atoms with Crippen LogP contribution in [0, 0.1) is 11.6 Å². The van der Waals surface area contributed by atoms with Gasteiger partial charge in [-0.15, -0.1) is 11.3 Å². The summed E-state index contributed by atoms with van der Waals surface area (Å²) in [4.78, 5) is 75.7. The fraction of sp³-hybridized carbons (Fsp3) is 0.600. The second-order valence-electron chi connectivity index (χ2n) is 17.4. The van der Waals surface area contributed by atoms with E-state index in [1.54, 1.807) is 46.8 Å². The molecule has 0 saturated carbocycles. The third-order valence-corrected chi connectivity index (χ3v) is 11.6. The summed E-state index contributed by atoms with van der Waals surface area (Å²) in [7, 11) is 2.71. The van der Waals surface area contributed by atoms with Gasteiger partial charge in [0.05, 0.1) is 111 Å². The standard InChI is InChI=1S/C50H69F2N3O17S/c1-8-68-43(59)12-10-36(56)40-27-34-39(73-40)28-38(63-7)48(45(34)51)70-17-9-16-69-47-37(62-6)26-33-30-55(31-35(33)46(47)52)42(58)11-13-44(60)71-32(2)29-54-41(57)14-18-64-20-22-66-24-25-67-23-21-65-19-15-53-49(61)72-50(3,4)5/h26-28,32H,8-25,29-31H2,1-7H3,(H,53,61)(H,54,57)/t32-/m0/s1. The number of methoxy groups -OCH3 is 2. The summed E-state index contributed by atoms with van der Waals surface area (Å²) in [5.41, 5.74) is 0.199. The van der Waals surface area contributed by atoms with Crippen molar-refractivity contribution in [2.45, 2.75) is 97.9 Å². The van der Waals surface area contributed by atoms with Crippen molar-refractivity contribution >= 4 is 57.1 Å². The van der Waals surface area contributed by atoms with Gasteiger partial charge in [-0.1, -0.05) is 0 Å². The first-order valence-electron chi connectivity index (χ1n) is 24.1. The van der Waals surface area contributed by atoms with Crippen LogP contribution in [-0.2, 0) is 65.4 Å². The molecule has 0 radical (unpaired) electrons. The van der Waals surface area contributed by atoms with Crippen LogP contribution in [0.2, 0.25) is 0 Å². The van der Waals surface area contributed by atoms with Gasteiger partial charge in [0.25, 0.3) is 0 Å². The number of carbonyl (C=O) groups excluding carboxylic acids is 6. The van der Waals surface area contributed by atoms with Crippen molar-refractivity contribution in [3.05, 3.63) is 45.8 Å². The molecule has 0 unspecified atom stereocenters. The third-order valence-electron chi connectivity index (χ3n) is 10.5. The average Bonchev–Trinajstić information content (AvgIpc) is 3.99. The molecule has 73 heavy (non-hydrogen) atoms. The van der Waals surface area contributed by atoms with Gasteiger partial charge in [0.1, 0.15) is 11.7 Å². The fourth-order valence-corrected chi connectivity index (χ4v) is 7.98. The van der Waals surface area contributed by atoms with E-state index in [1.807, 2.05) is 0 Å². The Bertz CT molecular complexity index is 2310. The molecule has 1 aliphatic heterocycles. The Kier molecular flexibility index (Phi) is 25.3. The fourth-order valence-electron chi connectivity index (χ4n) is 6.93. The van der Waals surface area contributed by atoms with Crippen molar-refractivity contribution < 1.29 is 89.7 Å². The molecule has 4 rings (SSSR count). The van der Waals surface area contributed by atoms with Gasteiger partial charge in [0.15, 0.2) is 40.4 Å². The second-order valence-corrected chi connectivity index (χ2v) is 18.4. The Balaban J connectivity index is 1.07. The highest BCUT2D eigenvalue weighted by atomic mass is 32.1. The number of Topliss-reactive ketones (excluding diaryl/α,β-unsaturated/α-hetero) is 1. The predicted molar refractivity (Wildman–Crippen MR) is 261 cm³/mol. The molecule has 3 aromatic rings. The SMILES string of the molecule is CCOC(=O)CCC(=O)c1cc2c(F)c(OCCCOc3c(OC)cc4c(c3F)CN(C(=O)CCC(=O)O[C@@H](C)CNC(=O)CCOCCOCCOCCOCCNC(=O)OC(C)(C)C)C4)c(OC)cc2s1. The highest BCUT2D eigenvalue weighted by Gasteiger charge is 2.31. The number of ketones is 1. The van der Waals surface area contributed by atoms with Crippen molar-refractivity contribution in [1.82, 2.24) is 15.5 Å². The Morgan fingerprint density at radius 2 is 1.32 bits per heavy atom. The molecule has 0 bridgehead atoms. The topological polar surface area (TPSA) is 231 Å². The van der Waals surface area contributed by atoms with Crippen LogP contribution in [0.5, 0.6) is 23.0 Å². The summed E-state index contributed by atoms with van der Waals surface area (Å²) in [6.45, 7) is 11.7. The number of esters is 2. The van der Waals surface area contributed by atoms with E-state index >= 15 is 8.78 Å². The second kappa shape index (κ2) is 31.0. The van der Waals surface area contributed by atoms with Crippen LogP contribution < -0.4 is 29.6 Å². The van der Waals surface area contributed by atoms with E-state index < -0.39 is 47.3 Å². The maximum Gasteiger partial charge on any atom is 0.407 e.